The van der Waals surface area contributed by atoms with Crippen LogP contribution in [0.3, 0.4) is 0 Å². The Morgan fingerprint density at radius 3 is 2.53 bits per heavy atom. The zero-order chi connectivity index (χ0) is 11.3. The number of hydrogen-bond donors (Lipinski definition) is 2. The van der Waals surface area contributed by atoms with Crippen molar-refractivity contribution in [3.8, 4) is 0 Å². The third-order valence-electron chi connectivity index (χ3n) is 2.86. The van der Waals surface area contributed by atoms with Crippen LogP contribution in [-0.2, 0) is 9.59 Å². The molecule has 0 unspecified atom stereocenters. The lowest BCUT2D eigenvalue weighted by molar-refractivity contribution is -0.146. The number of carbonyl (C=O) groups is 2. The zero-order valence-corrected chi connectivity index (χ0v) is 9.16. The smallest absolute Gasteiger partial charge is 0.306 e. The van der Waals surface area contributed by atoms with Gasteiger partial charge in [0.1, 0.15) is 0 Å². The largest absolute Gasteiger partial charge is 0.481 e. The van der Waals surface area contributed by atoms with Gasteiger partial charge in [-0.2, -0.15) is 0 Å². The van der Waals surface area contributed by atoms with Gasteiger partial charge < -0.3 is 10.4 Å². The lowest BCUT2D eigenvalue weighted by atomic mass is 9.80. The second kappa shape index (κ2) is 5.73. The van der Waals surface area contributed by atoms with E-state index in [0.29, 0.717) is 19.3 Å². The minimum atomic E-state index is -0.744. The lowest BCUT2D eigenvalue weighted by Crippen LogP contribution is -2.46. The quantitative estimate of drug-likeness (QED) is 0.658. The second-order valence-electron chi connectivity index (χ2n) is 4.23. The first-order valence-electron chi connectivity index (χ1n) is 5.65. The summed E-state index contributed by atoms with van der Waals surface area (Å²) in [6.07, 6.45) is 4.87. The van der Waals surface area contributed by atoms with Crippen molar-refractivity contribution in [3.63, 3.8) is 0 Å². The average Bonchev–Trinajstić information content (AvgIpc) is 2.10. The van der Waals surface area contributed by atoms with Crippen LogP contribution in [0.5, 0.6) is 0 Å². The fraction of sp³-hybridized carbons (Fsp3) is 0.818. The van der Waals surface area contributed by atoms with Crippen LogP contribution in [0.2, 0.25) is 0 Å². The number of rotatable bonds is 6. The number of aliphatic carboxylic acids is 1. The van der Waals surface area contributed by atoms with Gasteiger partial charge in [-0.1, -0.05) is 19.8 Å². The van der Waals surface area contributed by atoms with Crippen LogP contribution >= 0.6 is 0 Å². The maximum absolute atomic E-state index is 11.3. The van der Waals surface area contributed by atoms with Crippen LogP contribution in [0.15, 0.2) is 0 Å². The van der Waals surface area contributed by atoms with E-state index < -0.39 is 5.97 Å². The van der Waals surface area contributed by atoms with Crippen molar-refractivity contribution >= 4 is 11.9 Å². The molecule has 1 aliphatic rings. The van der Waals surface area contributed by atoms with Gasteiger partial charge in [0, 0.05) is 12.5 Å². The minimum absolute atomic E-state index is 0.0669. The number of unbranched alkanes of at least 4 members (excludes halogenated alkanes) is 2. The van der Waals surface area contributed by atoms with Crippen LogP contribution in [-0.4, -0.2) is 23.0 Å². The molecule has 1 saturated carbocycles. The molecule has 15 heavy (non-hydrogen) atoms. The summed E-state index contributed by atoms with van der Waals surface area (Å²) < 4.78 is 0. The van der Waals surface area contributed by atoms with Crippen molar-refractivity contribution in [1.29, 1.82) is 0 Å². The molecule has 0 aromatic rings. The predicted octanol–water partition coefficient (Wildman–Crippen LogP) is 1.55. The van der Waals surface area contributed by atoms with E-state index in [1.165, 1.54) is 0 Å². The van der Waals surface area contributed by atoms with Gasteiger partial charge in [0.05, 0.1) is 5.92 Å². The molecule has 1 rings (SSSR count). The molecule has 1 aliphatic carbocycles. The molecule has 0 saturated heterocycles. The van der Waals surface area contributed by atoms with Crippen molar-refractivity contribution < 1.29 is 14.7 Å². The third-order valence-corrected chi connectivity index (χ3v) is 2.86. The Balaban J connectivity index is 2.06. The Morgan fingerprint density at radius 2 is 2.00 bits per heavy atom. The number of amides is 1. The Labute approximate surface area is 90.0 Å². The summed E-state index contributed by atoms with van der Waals surface area (Å²) in [5.74, 6) is -0.922. The molecule has 0 bridgehead atoms. The summed E-state index contributed by atoms with van der Waals surface area (Å²) in [6, 6.07) is 0.0974. The predicted molar refractivity (Wildman–Crippen MR) is 56.4 cm³/mol. The van der Waals surface area contributed by atoms with Gasteiger partial charge >= 0.3 is 5.97 Å². The van der Waals surface area contributed by atoms with Crippen molar-refractivity contribution in [2.45, 2.75) is 51.5 Å². The maximum atomic E-state index is 11.3. The van der Waals surface area contributed by atoms with E-state index in [4.69, 9.17) is 5.11 Å². The molecular weight excluding hydrogens is 194 g/mol. The molecule has 0 atom stereocenters. The van der Waals surface area contributed by atoms with E-state index in [0.717, 1.165) is 19.3 Å². The van der Waals surface area contributed by atoms with Gasteiger partial charge in [0.15, 0.2) is 0 Å². The summed E-state index contributed by atoms with van der Waals surface area (Å²) in [7, 11) is 0. The van der Waals surface area contributed by atoms with Gasteiger partial charge in [0.2, 0.25) is 5.91 Å². The Bertz CT molecular complexity index is 234. The molecule has 2 N–H and O–H groups in total. The Morgan fingerprint density at radius 1 is 1.33 bits per heavy atom. The highest BCUT2D eigenvalue weighted by molar-refractivity contribution is 5.77. The summed E-state index contributed by atoms with van der Waals surface area (Å²) in [4.78, 5) is 21.9. The monoisotopic (exact) mass is 213 g/mol. The van der Waals surface area contributed by atoms with E-state index >= 15 is 0 Å². The maximum Gasteiger partial charge on any atom is 0.306 e. The van der Waals surface area contributed by atoms with Crippen molar-refractivity contribution in [2.24, 2.45) is 5.92 Å². The highest BCUT2D eigenvalue weighted by Crippen LogP contribution is 2.27. The lowest BCUT2D eigenvalue weighted by Gasteiger charge is -2.32. The van der Waals surface area contributed by atoms with Crippen LogP contribution in [0, 0.1) is 5.92 Å². The zero-order valence-electron chi connectivity index (χ0n) is 9.16. The molecule has 0 aromatic carbocycles. The fourth-order valence-electron chi connectivity index (χ4n) is 1.77. The fourth-order valence-corrected chi connectivity index (χ4v) is 1.77. The molecule has 86 valence electrons. The first-order valence-corrected chi connectivity index (χ1v) is 5.65. The van der Waals surface area contributed by atoms with Crippen LogP contribution in [0.1, 0.15) is 45.4 Å². The number of carbonyl (C=O) groups excluding carboxylic acids is 1. The van der Waals surface area contributed by atoms with E-state index in [-0.39, 0.29) is 17.9 Å². The van der Waals surface area contributed by atoms with Crippen LogP contribution in [0.4, 0.5) is 0 Å². The Kier molecular flexibility index (Phi) is 4.59. The molecule has 4 heteroatoms. The minimum Gasteiger partial charge on any atom is -0.481 e. The van der Waals surface area contributed by atoms with Gasteiger partial charge in [-0.25, -0.2) is 0 Å². The van der Waals surface area contributed by atoms with Gasteiger partial charge in [0.25, 0.3) is 0 Å². The number of carboxylic acid groups (broad SMARTS) is 1. The molecular formula is C11H19NO3. The van der Waals surface area contributed by atoms with E-state index in [1.54, 1.807) is 0 Å². The summed E-state index contributed by atoms with van der Waals surface area (Å²) >= 11 is 0. The molecule has 0 aliphatic heterocycles. The first-order chi connectivity index (χ1) is 7.13. The summed E-state index contributed by atoms with van der Waals surface area (Å²) in [5, 5.41) is 11.5. The second-order valence-corrected chi connectivity index (χ2v) is 4.23. The van der Waals surface area contributed by atoms with Crippen molar-refractivity contribution in [3.05, 3.63) is 0 Å². The number of hydrogen-bond acceptors (Lipinski definition) is 2. The van der Waals surface area contributed by atoms with Crippen LogP contribution < -0.4 is 5.32 Å². The highest BCUT2D eigenvalue weighted by Gasteiger charge is 2.34. The highest BCUT2D eigenvalue weighted by atomic mass is 16.4. The number of carboxylic acids is 1. The first kappa shape index (κ1) is 12.0. The van der Waals surface area contributed by atoms with Crippen molar-refractivity contribution in [2.75, 3.05) is 0 Å². The van der Waals surface area contributed by atoms with E-state index in [9.17, 15) is 9.59 Å². The summed E-state index contributed by atoms with van der Waals surface area (Å²) in [5.41, 5.74) is 0. The van der Waals surface area contributed by atoms with Gasteiger partial charge in [-0.3, -0.25) is 9.59 Å². The standard InChI is InChI=1S/C11H19NO3/c1-2-3-4-5-10(13)12-9-6-8(7-9)11(14)15/h8-9H,2-7H2,1H3,(H,12,13)(H,14,15). The SMILES string of the molecule is CCCCCC(=O)NC1CC(C(=O)O)C1. The molecule has 1 amide bonds. The molecule has 4 nitrogen and oxygen atoms in total. The summed E-state index contributed by atoms with van der Waals surface area (Å²) in [6.45, 7) is 2.10. The molecule has 0 spiro atoms. The number of nitrogens with one attached hydrogen (secondary N) is 1. The van der Waals surface area contributed by atoms with Crippen molar-refractivity contribution in [1.82, 2.24) is 5.32 Å². The Hall–Kier alpha value is -1.06. The molecule has 1 fully saturated rings. The third kappa shape index (κ3) is 3.90. The topological polar surface area (TPSA) is 66.4 Å². The van der Waals surface area contributed by atoms with Gasteiger partial charge in [-0.05, 0) is 19.3 Å². The normalized spacial score (nSPS) is 24.3. The molecule has 0 aromatic heterocycles. The van der Waals surface area contributed by atoms with Crippen LogP contribution in [0.25, 0.3) is 0 Å². The average molecular weight is 213 g/mol. The van der Waals surface area contributed by atoms with E-state index in [2.05, 4.69) is 12.2 Å². The molecule has 0 radical (unpaired) electrons. The van der Waals surface area contributed by atoms with Gasteiger partial charge in [-0.15, -0.1) is 0 Å². The van der Waals surface area contributed by atoms with E-state index in [1.807, 2.05) is 0 Å². The molecule has 0 heterocycles.